The second-order valence-corrected chi connectivity index (χ2v) is 2.77. The van der Waals surface area contributed by atoms with Crippen molar-refractivity contribution in [3.05, 3.63) is 17.5 Å². The first-order valence-corrected chi connectivity index (χ1v) is 4.66. The van der Waals surface area contributed by atoms with Gasteiger partial charge in [-0.05, 0) is 20.8 Å². The van der Waals surface area contributed by atoms with Gasteiger partial charge in [0.15, 0.2) is 5.60 Å². The Kier molecular flexibility index (Phi) is 4.96. The number of aromatic nitrogens is 1. The molecule has 3 heteroatoms. The Labute approximate surface area is 85.1 Å². The largest absolute Gasteiger partial charge is 0.372 e. The Morgan fingerprint density at radius 1 is 1.50 bits per heavy atom. The number of aliphatic hydroxyl groups is 1. The molecule has 3 nitrogen and oxygen atoms in total. The molecule has 0 bridgehead atoms. The molecule has 1 unspecified atom stereocenters. The van der Waals surface area contributed by atoms with Crippen LogP contribution in [0.2, 0.25) is 0 Å². The molecule has 14 heavy (non-hydrogen) atoms. The maximum Gasteiger partial charge on any atom is 0.168 e. The monoisotopic (exact) mass is 195 g/mol. The summed E-state index contributed by atoms with van der Waals surface area (Å²) >= 11 is 0. The van der Waals surface area contributed by atoms with Crippen molar-refractivity contribution in [1.82, 2.24) is 5.16 Å². The molecule has 0 aliphatic heterocycles. The van der Waals surface area contributed by atoms with Crippen LogP contribution in [0.25, 0.3) is 0 Å². The molecule has 0 aliphatic rings. The molecule has 0 saturated carbocycles. The molecule has 0 aliphatic carbocycles. The number of hydrogen-bond acceptors (Lipinski definition) is 3. The second kappa shape index (κ2) is 5.46. The lowest BCUT2D eigenvalue weighted by molar-refractivity contribution is 0.112. The van der Waals surface area contributed by atoms with Gasteiger partial charge < -0.3 is 9.63 Å². The Balaban J connectivity index is 0.000000791. The standard InChI is InChI=1S/C9H11NO2.C2H6/c1-4-5-9(3,11)8-6-7(2)12-10-8;1-2/h6,11H,1-3H3;1-2H3. The van der Waals surface area contributed by atoms with Crippen LogP contribution in [0, 0.1) is 18.8 Å². The van der Waals surface area contributed by atoms with Gasteiger partial charge in [-0.3, -0.25) is 0 Å². The highest BCUT2D eigenvalue weighted by Crippen LogP contribution is 2.18. The molecule has 78 valence electrons. The van der Waals surface area contributed by atoms with Crippen LogP contribution in [0.15, 0.2) is 10.6 Å². The Morgan fingerprint density at radius 2 is 2.07 bits per heavy atom. The van der Waals surface area contributed by atoms with Crippen LogP contribution < -0.4 is 0 Å². The highest BCUT2D eigenvalue weighted by atomic mass is 16.5. The Bertz CT molecular complexity index is 329. The van der Waals surface area contributed by atoms with Crippen molar-refractivity contribution in [2.24, 2.45) is 0 Å². The molecule has 0 saturated heterocycles. The molecule has 0 aromatic carbocycles. The molecular weight excluding hydrogens is 178 g/mol. The summed E-state index contributed by atoms with van der Waals surface area (Å²) in [6, 6.07) is 1.67. The van der Waals surface area contributed by atoms with Crippen molar-refractivity contribution in [3.8, 4) is 11.8 Å². The normalized spacial score (nSPS) is 13.0. The SMILES string of the molecule is CC.CC#CC(C)(O)c1cc(C)on1. The predicted molar refractivity (Wildman–Crippen MR) is 55.6 cm³/mol. The lowest BCUT2D eigenvalue weighted by atomic mass is 10.0. The quantitative estimate of drug-likeness (QED) is 0.699. The van der Waals surface area contributed by atoms with Gasteiger partial charge in [-0.2, -0.15) is 0 Å². The minimum Gasteiger partial charge on any atom is -0.372 e. The highest BCUT2D eigenvalue weighted by Gasteiger charge is 2.23. The Morgan fingerprint density at radius 3 is 2.43 bits per heavy atom. The summed E-state index contributed by atoms with van der Waals surface area (Å²) < 4.78 is 4.82. The number of hydrogen-bond donors (Lipinski definition) is 1. The van der Waals surface area contributed by atoms with E-state index in [9.17, 15) is 5.11 Å². The molecule has 0 amide bonds. The van der Waals surface area contributed by atoms with Crippen molar-refractivity contribution in [2.75, 3.05) is 0 Å². The molecule has 1 rings (SSSR count). The van der Waals surface area contributed by atoms with Crippen LogP contribution in [-0.4, -0.2) is 10.3 Å². The smallest absolute Gasteiger partial charge is 0.168 e. The fourth-order valence-electron chi connectivity index (χ4n) is 0.903. The number of aryl methyl sites for hydroxylation is 1. The molecule has 1 N–H and O–H groups in total. The fraction of sp³-hybridized carbons (Fsp3) is 0.545. The van der Waals surface area contributed by atoms with Crippen LogP contribution in [0.1, 0.15) is 39.1 Å². The van der Waals surface area contributed by atoms with Crippen molar-refractivity contribution >= 4 is 0 Å². The van der Waals surface area contributed by atoms with E-state index in [-0.39, 0.29) is 0 Å². The number of nitrogens with zero attached hydrogens (tertiary/aromatic N) is 1. The molecule has 1 aromatic heterocycles. The van der Waals surface area contributed by atoms with E-state index >= 15 is 0 Å². The van der Waals surface area contributed by atoms with Crippen LogP contribution in [0.4, 0.5) is 0 Å². The molecule has 0 radical (unpaired) electrons. The average molecular weight is 195 g/mol. The first-order valence-electron chi connectivity index (χ1n) is 4.66. The predicted octanol–water partition coefficient (Wildman–Crippen LogP) is 2.24. The van der Waals surface area contributed by atoms with E-state index in [0.29, 0.717) is 11.5 Å². The second-order valence-electron chi connectivity index (χ2n) is 2.77. The van der Waals surface area contributed by atoms with Crippen LogP contribution in [0.3, 0.4) is 0 Å². The molecule has 0 spiro atoms. The van der Waals surface area contributed by atoms with E-state index in [4.69, 9.17) is 4.52 Å². The summed E-state index contributed by atoms with van der Waals surface area (Å²) in [6.07, 6.45) is 0. The van der Waals surface area contributed by atoms with Crippen molar-refractivity contribution in [3.63, 3.8) is 0 Å². The van der Waals surface area contributed by atoms with Gasteiger partial charge in [-0.15, -0.1) is 5.92 Å². The zero-order valence-electron chi connectivity index (χ0n) is 9.38. The third kappa shape index (κ3) is 3.23. The van der Waals surface area contributed by atoms with Crippen molar-refractivity contribution < 1.29 is 9.63 Å². The van der Waals surface area contributed by atoms with Gasteiger partial charge in [-0.25, -0.2) is 0 Å². The summed E-state index contributed by atoms with van der Waals surface area (Å²) in [5, 5.41) is 13.4. The average Bonchev–Trinajstić information content (AvgIpc) is 2.56. The maximum absolute atomic E-state index is 9.70. The topological polar surface area (TPSA) is 46.3 Å². The molecule has 1 heterocycles. The first-order chi connectivity index (χ1) is 6.56. The van der Waals surface area contributed by atoms with E-state index in [2.05, 4.69) is 17.0 Å². The van der Waals surface area contributed by atoms with Gasteiger partial charge in [-0.1, -0.05) is 24.9 Å². The molecule has 1 aromatic rings. The van der Waals surface area contributed by atoms with E-state index in [1.807, 2.05) is 13.8 Å². The lowest BCUT2D eigenvalue weighted by Gasteiger charge is -2.10. The van der Waals surface area contributed by atoms with Gasteiger partial charge in [0, 0.05) is 6.07 Å². The minimum absolute atomic E-state index is 0.453. The van der Waals surface area contributed by atoms with Crippen molar-refractivity contribution in [1.29, 1.82) is 0 Å². The van der Waals surface area contributed by atoms with E-state index < -0.39 is 5.60 Å². The van der Waals surface area contributed by atoms with Gasteiger partial charge in [0.1, 0.15) is 11.5 Å². The lowest BCUT2D eigenvalue weighted by Crippen LogP contribution is -2.18. The van der Waals surface area contributed by atoms with Gasteiger partial charge in [0.2, 0.25) is 0 Å². The Hall–Kier alpha value is -1.27. The zero-order valence-corrected chi connectivity index (χ0v) is 9.38. The van der Waals surface area contributed by atoms with E-state index in [0.717, 1.165) is 0 Å². The maximum atomic E-state index is 9.70. The number of rotatable bonds is 1. The van der Waals surface area contributed by atoms with Crippen LogP contribution in [-0.2, 0) is 5.60 Å². The van der Waals surface area contributed by atoms with Gasteiger partial charge in [0.05, 0.1) is 0 Å². The summed E-state index contributed by atoms with van der Waals surface area (Å²) in [5.41, 5.74) is -0.749. The minimum atomic E-state index is -1.20. The molecule has 0 fully saturated rings. The van der Waals surface area contributed by atoms with E-state index in [1.54, 1.807) is 26.8 Å². The highest BCUT2D eigenvalue weighted by molar-refractivity contribution is 5.24. The summed E-state index contributed by atoms with van der Waals surface area (Å²) in [5.74, 6) is 5.94. The van der Waals surface area contributed by atoms with Crippen LogP contribution >= 0.6 is 0 Å². The third-order valence-corrected chi connectivity index (χ3v) is 1.50. The fourth-order valence-corrected chi connectivity index (χ4v) is 0.903. The summed E-state index contributed by atoms with van der Waals surface area (Å²) in [6.45, 7) is 9.02. The third-order valence-electron chi connectivity index (χ3n) is 1.50. The summed E-state index contributed by atoms with van der Waals surface area (Å²) in [4.78, 5) is 0. The van der Waals surface area contributed by atoms with E-state index in [1.165, 1.54) is 0 Å². The van der Waals surface area contributed by atoms with Crippen molar-refractivity contribution in [2.45, 2.75) is 40.2 Å². The molecular formula is C11H17NO2. The zero-order chi connectivity index (χ0) is 11.2. The van der Waals surface area contributed by atoms with Gasteiger partial charge in [0.25, 0.3) is 0 Å². The molecule has 1 atom stereocenters. The van der Waals surface area contributed by atoms with Crippen LogP contribution in [0.5, 0.6) is 0 Å². The summed E-state index contributed by atoms with van der Waals surface area (Å²) in [7, 11) is 0. The first kappa shape index (κ1) is 12.7. The van der Waals surface area contributed by atoms with Gasteiger partial charge >= 0.3 is 0 Å².